The molecule has 0 atom stereocenters. The Balaban J connectivity index is 2.02. The van der Waals surface area contributed by atoms with Gasteiger partial charge in [-0.05, 0) is 17.4 Å². The normalized spacial score (nSPS) is 17.6. The highest BCUT2D eigenvalue weighted by Gasteiger charge is 2.17. The van der Waals surface area contributed by atoms with E-state index in [2.05, 4.69) is 32.1 Å². The van der Waals surface area contributed by atoms with Gasteiger partial charge >= 0.3 is 0 Å². The molecule has 0 fully saturated rings. The van der Waals surface area contributed by atoms with Crippen LogP contribution in [0, 0.1) is 5.41 Å². The van der Waals surface area contributed by atoms with Crippen LogP contribution in [0.15, 0.2) is 54.1 Å². The Morgan fingerprint density at radius 3 is 2.53 bits per heavy atom. The van der Waals surface area contributed by atoms with Gasteiger partial charge in [0.25, 0.3) is 0 Å². The zero-order valence-electron chi connectivity index (χ0n) is 10.4. The van der Waals surface area contributed by atoms with Crippen LogP contribution in [0.5, 0.6) is 0 Å². The van der Waals surface area contributed by atoms with E-state index in [1.165, 1.54) is 0 Å². The van der Waals surface area contributed by atoms with Crippen LogP contribution in [0.25, 0.3) is 0 Å². The van der Waals surface area contributed by atoms with Crippen LogP contribution in [-0.4, -0.2) is 5.78 Å². The van der Waals surface area contributed by atoms with Gasteiger partial charge < -0.3 is 0 Å². The molecule has 0 aliphatic heterocycles. The quantitative estimate of drug-likeness (QED) is 0.707. The Bertz CT molecular complexity index is 464. The van der Waals surface area contributed by atoms with Gasteiger partial charge in [-0.1, -0.05) is 62.4 Å². The number of allylic oxidation sites excluding steroid dienone is 4. The lowest BCUT2D eigenvalue weighted by molar-refractivity contribution is 0.0993. The molecule has 0 spiro atoms. The Morgan fingerprint density at radius 1 is 1.24 bits per heavy atom. The number of benzene rings is 1. The van der Waals surface area contributed by atoms with Crippen molar-refractivity contribution in [1.82, 2.24) is 0 Å². The van der Waals surface area contributed by atoms with E-state index in [1.54, 1.807) is 0 Å². The van der Waals surface area contributed by atoms with Gasteiger partial charge in [0.2, 0.25) is 0 Å². The van der Waals surface area contributed by atoms with Crippen LogP contribution >= 0.6 is 0 Å². The molecule has 1 aromatic carbocycles. The molecule has 1 aliphatic rings. The van der Waals surface area contributed by atoms with Crippen LogP contribution in [-0.2, 0) is 0 Å². The second-order valence-electron chi connectivity index (χ2n) is 5.27. The van der Waals surface area contributed by atoms with Crippen molar-refractivity contribution in [2.24, 2.45) is 5.41 Å². The average Bonchev–Trinajstić information content (AvgIpc) is 2.33. The Labute approximate surface area is 103 Å². The first-order chi connectivity index (χ1) is 8.07. The monoisotopic (exact) mass is 226 g/mol. The van der Waals surface area contributed by atoms with Gasteiger partial charge in [0, 0.05) is 12.0 Å². The molecule has 88 valence electrons. The minimum Gasteiger partial charge on any atom is -0.294 e. The molecule has 0 saturated carbocycles. The van der Waals surface area contributed by atoms with Crippen molar-refractivity contribution in [3.63, 3.8) is 0 Å². The molecule has 0 bridgehead atoms. The average molecular weight is 226 g/mol. The summed E-state index contributed by atoms with van der Waals surface area (Å²) < 4.78 is 0. The first kappa shape index (κ1) is 11.8. The van der Waals surface area contributed by atoms with E-state index in [1.807, 2.05) is 30.3 Å². The van der Waals surface area contributed by atoms with Crippen molar-refractivity contribution in [2.75, 3.05) is 0 Å². The minimum absolute atomic E-state index is 0.196. The third-order valence-corrected chi connectivity index (χ3v) is 3.10. The number of rotatable bonds is 3. The Kier molecular flexibility index (Phi) is 3.28. The molecule has 0 N–H and O–H groups in total. The summed E-state index contributed by atoms with van der Waals surface area (Å²) in [6, 6.07) is 9.49. The van der Waals surface area contributed by atoms with Crippen molar-refractivity contribution in [3.8, 4) is 0 Å². The van der Waals surface area contributed by atoms with Crippen molar-refractivity contribution in [2.45, 2.75) is 26.7 Å². The molecule has 1 aromatic rings. The summed E-state index contributed by atoms with van der Waals surface area (Å²) in [6.45, 7) is 4.41. The van der Waals surface area contributed by atoms with Crippen molar-refractivity contribution < 1.29 is 4.79 Å². The maximum Gasteiger partial charge on any atom is 0.167 e. The predicted octanol–water partition coefficient (Wildman–Crippen LogP) is 4.17. The van der Waals surface area contributed by atoms with E-state index >= 15 is 0 Å². The molecular formula is C16H18O. The number of Topliss-reactive ketones (excluding diaryl/α,β-unsaturated/α-hetero) is 1. The van der Waals surface area contributed by atoms with Crippen LogP contribution < -0.4 is 0 Å². The van der Waals surface area contributed by atoms with Crippen molar-refractivity contribution in [3.05, 3.63) is 59.7 Å². The Hall–Kier alpha value is -1.63. The number of carbonyl (C=O) groups excluding carboxylic acids is 1. The van der Waals surface area contributed by atoms with E-state index in [0.29, 0.717) is 6.42 Å². The van der Waals surface area contributed by atoms with E-state index in [-0.39, 0.29) is 11.2 Å². The number of carbonyl (C=O) groups is 1. The molecule has 0 aromatic heterocycles. The molecule has 1 heteroatoms. The van der Waals surface area contributed by atoms with Crippen molar-refractivity contribution >= 4 is 5.78 Å². The van der Waals surface area contributed by atoms with E-state index in [0.717, 1.165) is 17.6 Å². The molecule has 17 heavy (non-hydrogen) atoms. The third-order valence-electron chi connectivity index (χ3n) is 3.10. The maximum absolute atomic E-state index is 12.0. The van der Waals surface area contributed by atoms with Gasteiger partial charge in [-0.15, -0.1) is 0 Å². The maximum atomic E-state index is 12.0. The zero-order valence-corrected chi connectivity index (χ0v) is 10.4. The van der Waals surface area contributed by atoms with Crippen LogP contribution in [0.3, 0.4) is 0 Å². The van der Waals surface area contributed by atoms with Crippen LogP contribution in [0.1, 0.15) is 37.0 Å². The first-order valence-electron chi connectivity index (χ1n) is 6.03. The lowest BCUT2D eigenvalue weighted by Gasteiger charge is -2.22. The van der Waals surface area contributed by atoms with Gasteiger partial charge in [0.05, 0.1) is 0 Å². The molecule has 0 amide bonds. The standard InChI is InChI=1S/C16H18O/c1-16(2)10-8-13(9-11-16)12-15(17)14-6-4-3-5-7-14/h3-10H,11-12H2,1-2H3. The van der Waals surface area contributed by atoms with Gasteiger partial charge in [-0.25, -0.2) is 0 Å². The van der Waals surface area contributed by atoms with E-state index < -0.39 is 0 Å². The second-order valence-corrected chi connectivity index (χ2v) is 5.27. The Morgan fingerprint density at radius 2 is 1.94 bits per heavy atom. The number of hydrogen-bond acceptors (Lipinski definition) is 1. The smallest absolute Gasteiger partial charge is 0.167 e. The predicted molar refractivity (Wildman–Crippen MR) is 71.0 cm³/mol. The fourth-order valence-corrected chi connectivity index (χ4v) is 1.91. The molecule has 0 unspecified atom stereocenters. The summed E-state index contributed by atoms with van der Waals surface area (Å²) in [6.07, 6.45) is 7.99. The highest BCUT2D eigenvalue weighted by molar-refractivity contribution is 5.97. The lowest BCUT2D eigenvalue weighted by atomic mass is 9.83. The third kappa shape index (κ3) is 3.16. The van der Waals surface area contributed by atoms with E-state index in [4.69, 9.17) is 0 Å². The molecule has 0 saturated heterocycles. The molecule has 1 aliphatic carbocycles. The summed E-state index contributed by atoms with van der Waals surface area (Å²) in [5, 5.41) is 0. The van der Waals surface area contributed by atoms with Crippen LogP contribution in [0.4, 0.5) is 0 Å². The summed E-state index contributed by atoms with van der Waals surface area (Å²) >= 11 is 0. The number of ketones is 1. The molecular weight excluding hydrogens is 208 g/mol. The SMILES string of the molecule is CC1(C)C=CC(CC(=O)c2ccccc2)=CC1. The van der Waals surface area contributed by atoms with E-state index in [9.17, 15) is 4.79 Å². The van der Waals surface area contributed by atoms with Gasteiger partial charge in [0.1, 0.15) is 0 Å². The second kappa shape index (κ2) is 4.70. The topological polar surface area (TPSA) is 17.1 Å². The zero-order chi connectivity index (χ0) is 12.3. The summed E-state index contributed by atoms with van der Waals surface area (Å²) in [5.41, 5.74) is 2.17. The van der Waals surface area contributed by atoms with Crippen molar-refractivity contribution in [1.29, 1.82) is 0 Å². The molecule has 0 heterocycles. The summed E-state index contributed by atoms with van der Waals surface area (Å²) in [4.78, 5) is 12.0. The summed E-state index contributed by atoms with van der Waals surface area (Å²) in [7, 11) is 0. The largest absolute Gasteiger partial charge is 0.294 e. The molecule has 2 rings (SSSR count). The van der Waals surface area contributed by atoms with Gasteiger partial charge in [0.15, 0.2) is 5.78 Å². The molecule has 1 nitrogen and oxygen atoms in total. The lowest BCUT2D eigenvalue weighted by Crippen LogP contribution is -2.10. The minimum atomic E-state index is 0.196. The highest BCUT2D eigenvalue weighted by atomic mass is 16.1. The van der Waals surface area contributed by atoms with Crippen LogP contribution in [0.2, 0.25) is 0 Å². The highest BCUT2D eigenvalue weighted by Crippen LogP contribution is 2.29. The van der Waals surface area contributed by atoms with Gasteiger partial charge in [-0.2, -0.15) is 0 Å². The first-order valence-corrected chi connectivity index (χ1v) is 6.03. The number of hydrogen-bond donors (Lipinski definition) is 0. The fourth-order valence-electron chi connectivity index (χ4n) is 1.91. The van der Waals surface area contributed by atoms with Gasteiger partial charge in [-0.3, -0.25) is 4.79 Å². The summed E-state index contributed by atoms with van der Waals surface area (Å²) in [5.74, 6) is 0.196. The molecule has 0 radical (unpaired) electrons. The fraction of sp³-hybridized carbons (Fsp3) is 0.312.